The lowest BCUT2D eigenvalue weighted by Gasteiger charge is -2.46. The third-order valence-corrected chi connectivity index (χ3v) is 9.78. The van der Waals surface area contributed by atoms with Gasteiger partial charge in [-0.2, -0.15) is 0 Å². The van der Waals surface area contributed by atoms with Crippen LogP contribution in [-0.2, 0) is 17.9 Å². The highest BCUT2D eigenvalue weighted by atomic mass is 32.1. The van der Waals surface area contributed by atoms with Crippen LogP contribution >= 0.6 is 11.3 Å². The molecule has 0 spiro atoms. The van der Waals surface area contributed by atoms with Crippen LogP contribution in [0.5, 0.6) is 0 Å². The molecule has 1 aromatic heterocycles. The Morgan fingerprint density at radius 3 is 2.43 bits per heavy atom. The number of likely N-dealkylation sites (tertiary alicyclic amines) is 1. The minimum Gasteiger partial charge on any atom is -0.318 e. The van der Waals surface area contributed by atoms with Gasteiger partial charge in [0, 0.05) is 68.0 Å². The van der Waals surface area contributed by atoms with E-state index in [2.05, 4.69) is 64.0 Å². The molecule has 42 heavy (non-hydrogen) atoms. The van der Waals surface area contributed by atoms with Crippen molar-refractivity contribution < 1.29 is 9.59 Å². The van der Waals surface area contributed by atoms with Gasteiger partial charge in [0.25, 0.3) is 11.8 Å². The second-order valence-electron chi connectivity index (χ2n) is 12.8. The average Bonchev–Trinajstić information content (AvgIpc) is 3.61. The van der Waals surface area contributed by atoms with Crippen molar-refractivity contribution in [3.63, 3.8) is 0 Å². The Labute approximate surface area is 253 Å². The summed E-state index contributed by atoms with van der Waals surface area (Å²) in [5.74, 6) is -0.344. The number of piperidine rings is 1. The molecule has 2 fully saturated rings. The Balaban J connectivity index is 1.08. The first-order chi connectivity index (χ1) is 20.3. The predicted molar refractivity (Wildman–Crippen MR) is 167 cm³/mol. The fourth-order valence-corrected chi connectivity index (χ4v) is 7.24. The van der Waals surface area contributed by atoms with Gasteiger partial charge in [-0.25, -0.2) is 4.98 Å². The molecule has 3 aliphatic rings. The van der Waals surface area contributed by atoms with Crippen LogP contribution in [0.3, 0.4) is 0 Å². The fraction of sp³-hybridized carbons (Fsp3) is 0.485. The molecule has 0 saturated carbocycles. The number of rotatable bonds is 7. The Hall–Kier alpha value is -3.11. The third kappa shape index (κ3) is 6.29. The number of hydrogen-bond donors (Lipinski definition) is 1. The average molecular weight is 587 g/mol. The highest BCUT2D eigenvalue weighted by molar-refractivity contribution is 7.13. The van der Waals surface area contributed by atoms with Crippen LogP contribution in [0.25, 0.3) is 0 Å². The topological polar surface area (TPSA) is 72.0 Å². The zero-order valence-corrected chi connectivity index (χ0v) is 25.8. The SMILES string of the molecule is CC(C)(C)N1CCN(C2CCN(Cc3ccc4c(c3)C(=O)N(C(C(=O)Nc3nccs3)c3ccccc3)C4)CC2)CC1. The zero-order valence-electron chi connectivity index (χ0n) is 25.0. The monoisotopic (exact) mass is 586 g/mol. The van der Waals surface area contributed by atoms with E-state index in [1.54, 1.807) is 11.1 Å². The van der Waals surface area contributed by atoms with Crippen molar-refractivity contribution in [3.8, 4) is 0 Å². The largest absolute Gasteiger partial charge is 0.318 e. The maximum Gasteiger partial charge on any atom is 0.255 e. The summed E-state index contributed by atoms with van der Waals surface area (Å²) in [7, 11) is 0. The Morgan fingerprint density at radius 1 is 1.02 bits per heavy atom. The molecule has 8 nitrogen and oxygen atoms in total. The lowest BCUT2D eigenvalue weighted by atomic mass is 9.99. The first kappa shape index (κ1) is 29.0. The van der Waals surface area contributed by atoms with Crippen molar-refractivity contribution in [3.05, 3.63) is 82.4 Å². The van der Waals surface area contributed by atoms with Gasteiger partial charge in [-0.1, -0.05) is 42.5 Å². The summed E-state index contributed by atoms with van der Waals surface area (Å²) in [5.41, 5.74) is 3.88. The number of nitrogens with one attached hydrogen (secondary N) is 1. The smallest absolute Gasteiger partial charge is 0.255 e. The highest BCUT2D eigenvalue weighted by Crippen LogP contribution is 2.33. The zero-order chi connectivity index (χ0) is 29.3. The molecular formula is C33H42N6O2S. The predicted octanol–water partition coefficient (Wildman–Crippen LogP) is 4.86. The number of carbonyl (C=O) groups is 2. The molecule has 1 atom stereocenters. The van der Waals surface area contributed by atoms with Gasteiger partial charge in [0.05, 0.1) is 0 Å². The minimum absolute atomic E-state index is 0.0944. The molecule has 2 saturated heterocycles. The molecular weight excluding hydrogens is 544 g/mol. The van der Waals surface area contributed by atoms with E-state index in [4.69, 9.17) is 0 Å². The van der Waals surface area contributed by atoms with Crippen molar-refractivity contribution in [1.82, 2.24) is 24.6 Å². The van der Waals surface area contributed by atoms with E-state index in [0.717, 1.165) is 62.5 Å². The van der Waals surface area contributed by atoms with Gasteiger partial charge < -0.3 is 4.90 Å². The van der Waals surface area contributed by atoms with E-state index in [1.807, 2.05) is 35.7 Å². The Bertz CT molecular complexity index is 1370. The van der Waals surface area contributed by atoms with E-state index >= 15 is 0 Å². The number of thiazole rings is 1. The molecule has 0 aliphatic carbocycles. The Kier molecular flexibility index (Phi) is 8.45. The molecule has 3 aromatic rings. The van der Waals surface area contributed by atoms with Gasteiger partial charge in [-0.15, -0.1) is 11.3 Å². The number of amides is 2. The van der Waals surface area contributed by atoms with Gasteiger partial charge in [0.15, 0.2) is 5.13 Å². The lowest BCUT2D eigenvalue weighted by Crippen LogP contribution is -2.57. The fourth-order valence-electron chi connectivity index (χ4n) is 6.70. The number of piperazine rings is 1. The van der Waals surface area contributed by atoms with E-state index < -0.39 is 6.04 Å². The van der Waals surface area contributed by atoms with Gasteiger partial charge in [-0.05, 0) is 69.5 Å². The summed E-state index contributed by atoms with van der Waals surface area (Å²) >= 11 is 1.37. The first-order valence-corrected chi connectivity index (χ1v) is 16.0. The van der Waals surface area contributed by atoms with Gasteiger partial charge >= 0.3 is 0 Å². The van der Waals surface area contributed by atoms with Gasteiger partial charge in [-0.3, -0.25) is 29.6 Å². The van der Waals surface area contributed by atoms with Crippen molar-refractivity contribution >= 4 is 28.3 Å². The number of benzene rings is 2. The minimum atomic E-state index is -0.734. The second kappa shape index (κ2) is 12.2. The molecule has 4 heterocycles. The third-order valence-electron chi connectivity index (χ3n) is 9.09. The van der Waals surface area contributed by atoms with Crippen LogP contribution in [0.15, 0.2) is 60.1 Å². The maximum absolute atomic E-state index is 13.8. The van der Waals surface area contributed by atoms with E-state index in [-0.39, 0.29) is 17.4 Å². The summed E-state index contributed by atoms with van der Waals surface area (Å²) < 4.78 is 0. The quantitative estimate of drug-likeness (QED) is 0.427. The van der Waals surface area contributed by atoms with Gasteiger partial charge in [0.1, 0.15) is 6.04 Å². The molecule has 2 aromatic carbocycles. The summed E-state index contributed by atoms with van der Waals surface area (Å²) in [6.07, 6.45) is 4.05. The number of nitrogens with zero attached hydrogens (tertiary/aromatic N) is 5. The number of anilines is 1. The van der Waals surface area contributed by atoms with Crippen molar-refractivity contribution in [1.29, 1.82) is 0 Å². The van der Waals surface area contributed by atoms with Crippen LogP contribution in [0.2, 0.25) is 0 Å². The highest BCUT2D eigenvalue weighted by Gasteiger charge is 2.38. The van der Waals surface area contributed by atoms with E-state index in [0.29, 0.717) is 23.3 Å². The van der Waals surface area contributed by atoms with Crippen molar-refractivity contribution in [2.24, 2.45) is 0 Å². The van der Waals surface area contributed by atoms with E-state index in [1.165, 1.54) is 24.2 Å². The first-order valence-electron chi connectivity index (χ1n) is 15.2. The van der Waals surface area contributed by atoms with Crippen LogP contribution < -0.4 is 5.32 Å². The number of fused-ring (bicyclic) bond motifs is 1. The summed E-state index contributed by atoms with van der Waals surface area (Å²) in [6.45, 7) is 15.0. The van der Waals surface area contributed by atoms with Crippen molar-refractivity contribution in [2.75, 3.05) is 44.6 Å². The number of aromatic nitrogens is 1. The molecule has 2 amide bonds. The second-order valence-corrected chi connectivity index (χ2v) is 13.7. The molecule has 0 radical (unpaired) electrons. The van der Waals surface area contributed by atoms with Crippen molar-refractivity contribution in [2.45, 2.75) is 64.3 Å². The molecule has 1 unspecified atom stereocenters. The molecule has 9 heteroatoms. The van der Waals surface area contributed by atoms with E-state index in [9.17, 15) is 9.59 Å². The molecule has 222 valence electrons. The number of carbonyl (C=O) groups excluding carboxylic acids is 2. The molecule has 3 aliphatic heterocycles. The summed E-state index contributed by atoms with van der Waals surface area (Å²) in [5, 5.41) is 5.26. The van der Waals surface area contributed by atoms with Crippen LogP contribution in [0.1, 0.15) is 66.7 Å². The van der Waals surface area contributed by atoms with Crippen LogP contribution in [0.4, 0.5) is 5.13 Å². The van der Waals surface area contributed by atoms with Crippen LogP contribution in [-0.4, -0.2) is 87.2 Å². The maximum atomic E-state index is 13.8. The van der Waals surface area contributed by atoms with Gasteiger partial charge in [0.2, 0.25) is 0 Å². The normalized spacial score (nSPS) is 20.1. The molecule has 0 bridgehead atoms. The summed E-state index contributed by atoms with van der Waals surface area (Å²) in [4.78, 5) is 41.0. The molecule has 6 rings (SSSR count). The standard InChI is InChI=1S/C33H42N6O2S/c1-33(2,3)38-18-16-37(17-19-38)27-11-14-36(15-12-27)22-24-9-10-26-23-39(31(41)28(26)21-24)29(25-7-5-4-6-8-25)30(40)35-32-34-13-20-42-32/h4-10,13,20-21,27,29H,11-12,14-19,22-23H2,1-3H3,(H,34,35,40). The number of hydrogen-bond acceptors (Lipinski definition) is 7. The lowest BCUT2D eigenvalue weighted by molar-refractivity contribution is -0.120. The molecule has 1 N–H and O–H groups in total. The Morgan fingerprint density at radius 2 is 1.76 bits per heavy atom. The van der Waals surface area contributed by atoms with Crippen LogP contribution in [0, 0.1) is 0 Å². The summed E-state index contributed by atoms with van der Waals surface area (Å²) in [6, 6.07) is 15.7.